The second kappa shape index (κ2) is 9.08. The Hall–Kier alpha value is -3.42. The van der Waals surface area contributed by atoms with Crippen LogP contribution in [0.25, 0.3) is 17.0 Å². The number of hydrogen-bond acceptors (Lipinski definition) is 5. The number of hydroxylamine groups is 1. The number of hydrogen-bond donors (Lipinski definition) is 3. The Morgan fingerprint density at radius 1 is 1.24 bits per heavy atom. The molecule has 2 atom stereocenters. The zero-order valence-electron chi connectivity index (χ0n) is 19.2. The Bertz CT molecular complexity index is 1260. The molecule has 0 saturated carbocycles. The van der Waals surface area contributed by atoms with Gasteiger partial charge in [0.25, 0.3) is 5.91 Å². The third-order valence-electron chi connectivity index (χ3n) is 7.20. The summed E-state index contributed by atoms with van der Waals surface area (Å²) in [4.78, 5) is 30.2. The fourth-order valence-electron chi connectivity index (χ4n) is 5.32. The lowest BCUT2D eigenvalue weighted by Crippen LogP contribution is -2.43. The van der Waals surface area contributed by atoms with Gasteiger partial charge in [0.1, 0.15) is 11.4 Å². The van der Waals surface area contributed by atoms with Gasteiger partial charge in [-0.15, -0.1) is 0 Å². The number of fused-ring (bicyclic) bond motifs is 2. The van der Waals surface area contributed by atoms with Gasteiger partial charge in [0, 0.05) is 42.2 Å². The number of rotatable bonds is 4. The number of carbonyl (C=O) groups is 2. The van der Waals surface area contributed by atoms with E-state index in [1.807, 2.05) is 18.2 Å². The quantitative estimate of drug-likeness (QED) is 0.300. The Kier molecular flexibility index (Phi) is 5.98. The smallest absolute Gasteiger partial charge is 0.267 e. The summed E-state index contributed by atoms with van der Waals surface area (Å²) in [6.07, 6.45) is 7.84. The van der Waals surface area contributed by atoms with Crippen molar-refractivity contribution >= 4 is 28.7 Å². The van der Waals surface area contributed by atoms with Crippen molar-refractivity contribution in [1.29, 1.82) is 0 Å². The number of para-hydroxylation sites is 1. The molecule has 1 spiro atoms. The first-order chi connectivity index (χ1) is 16.5. The van der Waals surface area contributed by atoms with Crippen molar-refractivity contribution in [1.82, 2.24) is 15.4 Å². The minimum atomic E-state index is -0.621. The van der Waals surface area contributed by atoms with Gasteiger partial charge < -0.3 is 9.72 Å². The van der Waals surface area contributed by atoms with Gasteiger partial charge in [-0.2, -0.15) is 0 Å². The molecule has 3 N–H and O–H groups in total. The standard InChI is InChI=1S/C27H29N3O4/c1-18(22-17-28-23-6-3-2-5-20(22)23)30-13-4-11-27(12-14-30)16-24(31)21-15-19(7-9-25(21)34-27)8-10-26(32)29-33/h2-3,5-10,15,17-18,28,33H,4,11-14,16H2,1H3,(H,29,32). The van der Waals surface area contributed by atoms with Gasteiger partial charge in [-0.1, -0.05) is 24.3 Å². The van der Waals surface area contributed by atoms with Crippen LogP contribution in [0.5, 0.6) is 5.75 Å². The van der Waals surface area contributed by atoms with E-state index in [4.69, 9.17) is 9.94 Å². The molecule has 176 valence electrons. The molecule has 1 saturated heterocycles. The second-order valence-corrected chi connectivity index (χ2v) is 9.31. The Morgan fingerprint density at radius 3 is 2.94 bits per heavy atom. The normalized spacial score (nSPS) is 21.9. The first-order valence-corrected chi connectivity index (χ1v) is 11.8. The van der Waals surface area contributed by atoms with Crippen LogP contribution in [0.15, 0.2) is 54.7 Å². The SMILES string of the molecule is CC(c1c[nH]c2ccccc12)N1CCCC2(CC1)CC(=O)c1cc(C=CC(=O)NO)ccc1O2. The molecule has 0 radical (unpaired) electrons. The maximum absolute atomic E-state index is 13.1. The fourth-order valence-corrected chi connectivity index (χ4v) is 5.32. The summed E-state index contributed by atoms with van der Waals surface area (Å²) in [7, 11) is 0. The van der Waals surface area contributed by atoms with E-state index in [2.05, 4.69) is 41.2 Å². The molecular formula is C27H29N3O4. The summed E-state index contributed by atoms with van der Waals surface area (Å²) in [5.74, 6) is 0.0588. The fraction of sp³-hybridized carbons (Fsp3) is 0.333. The van der Waals surface area contributed by atoms with Crippen LogP contribution >= 0.6 is 0 Å². The van der Waals surface area contributed by atoms with Crippen molar-refractivity contribution in [3.05, 3.63) is 71.4 Å². The van der Waals surface area contributed by atoms with Gasteiger partial charge in [0.2, 0.25) is 0 Å². The average molecular weight is 460 g/mol. The van der Waals surface area contributed by atoms with Crippen LogP contribution in [0, 0.1) is 0 Å². The van der Waals surface area contributed by atoms with Crippen molar-refractivity contribution in [2.24, 2.45) is 0 Å². The number of amides is 1. The summed E-state index contributed by atoms with van der Waals surface area (Å²) in [6.45, 7) is 4.08. The van der Waals surface area contributed by atoms with Crippen LogP contribution in [0.4, 0.5) is 0 Å². The number of likely N-dealkylation sites (tertiary alicyclic amines) is 1. The lowest BCUT2D eigenvalue weighted by atomic mass is 9.84. The average Bonchev–Trinajstić information content (AvgIpc) is 3.18. The molecular weight excluding hydrogens is 430 g/mol. The van der Waals surface area contributed by atoms with E-state index in [0.29, 0.717) is 23.3 Å². The van der Waals surface area contributed by atoms with Crippen LogP contribution in [0.1, 0.15) is 60.1 Å². The molecule has 5 rings (SSSR count). The number of nitrogens with one attached hydrogen (secondary N) is 2. The highest BCUT2D eigenvalue weighted by Gasteiger charge is 2.42. The van der Waals surface area contributed by atoms with Crippen LogP contribution in [-0.2, 0) is 4.79 Å². The molecule has 34 heavy (non-hydrogen) atoms. The van der Waals surface area contributed by atoms with Crippen molar-refractivity contribution in [2.45, 2.75) is 44.2 Å². The molecule has 1 aromatic heterocycles. The first-order valence-electron chi connectivity index (χ1n) is 11.8. The number of nitrogens with zero attached hydrogens (tertiary/aromatic N) is 1. The lowest BCUT2D eigenvalue weighted by molar-refractivity contribution is -0.124. The Labute approximate surface area is 198 Å². The molecule has 1 fully saturated rings. The highest BCUT2D eigenvalue weighted by molar-refractivity contribution is 6.01. The molecule has 2 aliphatic rings. The molecule has 7 nitrogen and oxygen atoms in total. The van der Waals surface area contributed by atoms with Crippen molar-refractivity contribution in [2.75, 3.05) is 13.1 Å². The zero-order chi connectivity index (χ0) is 23.7. The summed E-state index contributed by atoms with van der Waals surface area (Å²) < 4.78 is 6.50. The second-order valence-electron chi connectivity index (χ2n) is 9.31. The van der Waals surface area contributed by atoms with Crippen molar-refractivity contribution < 1.29 is 19.5 Å². The van der Waals surface area contributed by atoms with Crippen LogP contribution in [0.3, 0.4) is 0 Å². The number of aromatic nitrogens is 1. The van der Waals surface area contributed by atoms with E-state index < -0.39 is 11.5 Å². The molecule has 0 bridgehead atoms. The highest BCUT2D eigenvalue weighted by Crippen LogP contribution is 2.41. The predicted octanol–water partition coefficient (Wildman–Crippen LogP) is 4.64. The monoisotopic (exact) mass is 459 g/mol. The number of ether oxygens (including phenoxy) is 1. The van der Waals surface area contributed by atoms with E-state index >= 15 is 0 Å². The van der Waals surface area contributed by atoms with Crippen LogP contribution in [0.2, 0.25) is 0 Å². The Morgan fingerprint density at radius 2 is 2.09 bits per heavy atom. The topological polar surface area (TPSA) is 94.7 Å². The van der Waals surface area contributed by atoms with Gasteiger partial charge in [0.15, 0.2) is 5.78 Å². The molecule has 2 unspecified atom stereocenters. The summed E-state index contributed by atoms with van der Waals surface area (Å²) >= 11 is 0. The Balaban J connectivity index is 1.32. The summed E-state index contributed by atoms with van der Waals surface area (Å²) in [5.41, 5.74) is 4.78. The molecule has 7 heteroatoms. The molecule has 3 heterocycles. The van der Waals surface area contributed by atoms with Crippen molar-refractivity contribution in [3.8, 4) is 5.75 Å². The molecule has 2 aromatic carbocycles. The number of aromatic amines is 1. The maximum atomic E-state index is 13.1. The number of carbonyl (C=O) groups excluding carboxylic acids is 2. The zero-order valence-corrected chi connectivity index (χ0v) is 19.2. The minimum Gasteiger partial charge on any atom is -0.486 e. The first kappa shape index (κ1) is 22.4. The van der Waals surface area contributed by atoms with Gasteiger partial charge in [-0.05, 0) is 61.7 Å². The van der Waals surface area contributed by atoms with Gasteiger partial charge in [-0.3, -0.25) is 19.7 Å². The summed E-state index contributed by atoms with van der Waals surface area (Å²) in [5, 5.41) is 9.89. The number of H-pyrrole nitrogens is 1. The largest absolute Gasteiger partial charge is 0.486 e. The molecule has 0 aliphatic carbocycles. The lowest BCUT2D eigenvalue weighted by Gasteiger charge is -2.38. The van der Waals surface area contributed by atoms with E-state index in [1.54, 1.807) is 17.6 Å². The molecule has 2 aliphatic heterocycles. The minimum absolute atomic E-state index is 0.0706. The van der Waals surface area contributed by atoms with E-state index in [1.165, 1.54) is 17.0 Å². The maximum Gasteiger partial charge on any atom is 0.267 e. The van der Waals surface area contributed by atoms with Crippen LogP contribution < -0.4 is 10.2 Å². The number of benzene rings is 2. The highest BCUT2D eigenvalue weighted by atomic mass is 16.5. The molecule has 3 aromatic rings. The predicted molar refractivity (Wildman–Crippen MR) is 130 cm³/mol. The van der Waals surface area contributed by atoms with Gasteiger partial charge in [-0.25, -0.2) is 5.48 Å². The van der Waals surface area contributed by atoms with E-state index in [0.717, 1.165) is 37.9 Å². The summed E-state index contributed by atoms with van der Waals surface area (Å²) in [6, 6.07) is 14.0. The number of ketones is 1. The molecule has 1 amide bonds. The van der Waals surface area contributed by atoms with E-state index in [-0.39, 0.29) is 11.8 Å². The van der Waals surface area contributed by atoms with E-state index in [9.17, 15) is 9.59 Å². The third-order valence-corrected chi connectivity index (χ3v) is 7.20. The number of Topliss-reactive ketones (excluding diaryl/α,β-unsaturated/α-hetero) is 1. The van der Waals surface area contributed by atoms with Crippen molar-refractivity contribution in [3.63, 3.8) is 0 Å². The van der Waals surface area contributed by atoms with Gasteiger partial charge >= 0.3 is 0 Å². The van der Waals surface area contributed by atoms with Crippen LogP contribution in [-0.4, -0.2) is 45.5 Å². The third kappa shape index (κ3) is 4.24. The van der Waals surface area contributed by atoms with Gasteiger partial charge in [0.05, 0.1) is 12.0 Å².